The van der Waals surface area contributed by atoms with E-state index in [1.807, 2.05) is 18.2 Å². The number of rotatable bonds is 5. The number of nitrogens with two attached hydrogens (primary N) is 1. The van der Waals surface area contributed by atoms with Gasteiger partial charge in [-0.2, -0.15) is 13.2 Å². The largest absolute Gasteiger partial charge is 0.488 e. The minimum absolute atomic E-state index is 0.0988. The van der Waals surface area contributed by atoms with Crippen LogP contribution in [0.4, 0.5) is 13.2 Å². The summed E-state index contributed by atoms with van der Waals surface area (Å²) in [5.74, 6) is 0.948. The van der Waals surface area contributed by atoms with E-state index in [1.165, 1.54) is 17.2 Å². The summed E-state index contributed by atoms with van der Waals surface area (Å²) in [6, 6.07) is 10.1. The number of aliphatic hydroxyl groups is 1. The highest BCUT2D eigenvalue weighted by molar-refractivity contribution is 5.82. The summed E-state index contributed by atoms with van der Waals surface area (Å²) in [6.45, 7) is 0.471. The van der Waals surface area contributed by atoms with Crippen LogP contribution in [0, 0.1) is 0 Å². The van der Waals surface area contributed by atoms with Gasteiger partial charge in [-0.1, -0.05) is 12.1 Å². The van der Waals surface area contributed by atoms with Crippen molar-refractivity contribution in [3.63, 3.8) is 0 Å². The van der Waals surface area contributed by atoms with E-state index < -0.39 is 18.3 Å². The fourth-order valence-corrected chi connectivity index (χ4v) is 5.41. The van der Waals surface area contributed by atoms with Crippen LogP contribution in [0.2, 0.25) is 0 Å². The number of hydrogen-bond acceptors (Lipinski definition) is 7. The monoisotopic (exact) mass is 512 g/mol. The summed E-state index contributed by atoms with van der Waals surface area (Å²) >= 11 is 0. The zero-order valence-corrected chi connectivity index (χ0v) is 20.0. The molecule has 0 radical (unpaired) electrons. The molecule has 4 heterocycles. The van der Waals surface area contributed by atoms with Crippen LogP contribution in [0.25, 0.3) is 28.1 Å². The van der Waals surface area contributed by atoms with Gasteiger partial charge in [0.2, 0.25) is 0 Å². The van der Waals surface area contributed by atoms with E-state index in [0.29, 0.717) is 34.9 Å². The summed E-state index contributed by atoms with van der Waals surface area (Å²) in [4.78, 5) is 6.10. The Balaban J connectivity index is 1.36. The van der Waals surface area contributed by atoms with E-state index in [4.69, 9.17) is 15.5 Å². The van der Waals surface area contributed by atoms with Crippen molar-refractivity contribution in [1.82, 2.24) is 24.5 Å². The maximum absolute atomic E-state index is 14.2. The Labute approximate surface area is 210 Å². The van der Waals surface area contributed by atoms with Gasteiger partial charge in [0.05, 0.1) is 11.6 Å². The number of nitrogens with zero attached hydrogens (tertiary/aromatic N) is 5. The fraction of sp³-hybridized carbons (Fsp3) is 0.423. The molecule has 0 bridgehead atoms. The van der Waals surface area contributed by atoms with Crippen LogP contribution >= 0.6 is 0 Å². The lowest BCUT2D eigenvalue weighted by atomic mass is 10.1. The molecule has 1 unspecified atom stereocenters. The van der Waals surface area contributed by atoms with E-state index in [0.717, 1.165) is 24.6 Å². The molecule has 4 atom stereocenters. The highest BCUT2D eigenvalue weighted by atomic mass is 19.4. The Morgan fingerprint density at radius 3 is 2.62 bits per heavy atom. The van der Waals surface area contributed by atoms with Crippen LogP contribution in [0.15, 0.2) is 48.7 Å². The second-order valence-electron chi connectivity index (χ2n) is 9.91. The lowest BCUT2D eigenvalue weighted by Crippen LogP contribution is -2.38. The van der Waals surface area contributed by atoms with E-state index in [-0.39, 0.29) is 30.8 Å². The van der Waals surface area contributed by atoms with Crippen molar-refractivity contribution in [2.45, 2.75) is 56.2 Å². The molecule has 37 heavy (non-hydrogen) atoms. The predicted octanol–water partition coefficient (Wildman–Crippen LogP) is 3.87. The Morgan fingerprint density at radius 2 is 1.89 bits per heavy atom. The number of hydrogen-bond donors (Lipinski definition) is 2. The molecule has 4 aromatic rings. The summed E-state index contributed by atoms with van der Waals surface area (Å²) in [6.07, 6.45) is -0.779. The van der Waals surface area contributed by atoms with Gasteiger partial charge in [-0.15, -0.1) is 10.2 Å². The quantitative estimate of drug-likeness (QED) is 0.419. The first kappa shape index (κ1) is 24.1. The highest BCUT2D eigenvalue weighted by Crippen LogP contribution is 2.39. The number of alkyl halides is 3. The number of halogens is 3. The molecule has 1 saturated carbocycles. The van der Waals surface area contributed by atoms with E-state index in [1.54, 1.807) is 22.6 Å². The average Bonchev–Trinajstić information content (AvgIpc) is 3.58. The standard InChI is InChI=1S/C26H27F3N6O2/c27-26(28,29)24(34-11-10-17(30)14-34)16-6-9-23-32-33-25(35(23)13-16)19-8-5-15-4-7-18(12-20(15)31-19)37-22-3-1-2-21(22)36/h4-9,12-13,17,21-22,24,36H,1-3,10-11,14,30H2/t17-,21+,22?,24+/m0/s1. The third kappa shape index (κ3) is 4.62. The summed E-state index contributed by atoms with van der Waals surface area (Å²) in [7, 11) is 0. The first-order valence-electron chi connectivity index (χ1n) is 12.4. The normalized spacial score (nSPS) is 23.8. The summed E-state index contributed by atoms with van der Waals surface area (Å²) in [5, 5.41) is 19.3. The first-order valence-corrected chi connectivity index (χ1v) is 12.4. The van der Waals surface area contributed by atoms with Crippen molar-refractivity contribution in [3.8, 4) is 17.3 Å². The van der Waals surface area contributed by atoms with Crippen molar-refractivity contribution >= 4 is 16.6 Å². The Bertz CT molecular complexity index is 1440. The maximum atomic E-state index is 14.2. The fourth-order valence-electron chi connectivity index (χ4n) is 5.41. The summed E-state index contributed by atoms with van der Waals surface area (Å²) < 4.78 is 50.0. The summed E-state index contributed by atoms with van der Waals surface area (Å²) in [5.41, 5.74) is 7.55. The van der Waals surface area contributed by atoms with Crippen LogP contribution in [0.5, 0.6) is 5.75 Å². The molecular formula is C26H27F3N6O2. The van der Waals surface area contributed by atoms with Crippen molar-refractivity contribution in [3.05, 3.63) is 54.2 Å². The molecular weight excluding hydrogens is 485 g/mol. The van der Waals surface area contributed by atoms with Gasteiger partial charge >= 0.3 is 6.18 Å². The molecule has 6 rings (SSSR count). The van der Waals surface area contributed by atoms with Gasteiger partial charge < -0.3 is 15.6 Å². The van der Waals surface area contributed by atoms with Crippen LogP contribution < -0.4 is 10.5 Å². The van der Waals surface area contributed by atoms with Crippen molar-refractivity contribution in [2.24, 2.45) is 5.73 Å². The van der Waals surface area contributed by atoms with Gasteiger partial charge in [0.25, 0.3) is 0 Å². The van der Waals surface area contributed by atoms with Crippen LogP contribution in [0.3, 0.4) is 0 Å². The number of ether oxygens (including phenoxy) is 1. The van der Waals surface area contributed by atoms with Gasteiger partial charge in [-0.25, -0.2) is 4.98 Å². The molecule has 1 saturated heterocycles. The smallest absolute Gasteiger partial charge is 0.408 e. The van der Waals surface area contributed by atoms with Gasteiger partial charge in [0.15, 0.2) is 11.5 Å². The zero-order valence-electron chi connectivity index (χ0n) is 20.0. The van der Waals surface area contributed by atoms with Crippen LogP contribution in [-0.2, 0) is 0 Å². The van der Waals surface area contributed by atoms with E-state index in [2.05, 4.69) is 10.2 Å². The molecule has 0 amide bonds. The molecule has 8 nitrogen and oxygen atoms in total. The number of fused-ring (bicyclic) bond motifs is 2. The molecule has 1 aliphatic carbocycles. The number of benzene rings is 1. The Kier molecular flexibility index (Phi) is 6.01. The van der Waals surface area contributed by atoms with Crippen LogP contribution in [0.1, 0.15) is 37.3 Å². The third-order valence-corrected chi connectivity index (χ3v) is 7.27. The number of aromatic nitrogens is 4. The van der Waals surface area contributed by atoms with Crippen molar-refractivity contribution in [2.75, 3.05) is 13.1 Å². The van der Waals surface area contributed by atoms with E-state index in [9.17, 15) is 18.3 Å². The molecule has 1 aliphatic heterocycles. The number of pyridine rings is 2. The van der Waals surface area contributed by atoms with Gasteiger partial charge in [-0.3, -0.25) is 9.30 Å². The highest BCUT2D eigenvalue weighted by Gasteiger charge is 2.46. The molecule has 2 aliphatic rings. The maximum Gasteiger partial charge on any atom is 0.408 e. The molecule has 3 aromatic heterocycles. The molecule has 3 N–H and O–H groups in total. The first-order chi connectivity index (χ1) is 17.8. The lowest BCUT2D eigenvalue weighted by molar-refractivity contribution is -0.183. The average molecular weight is 513 g/mol. The van der Waals surface area contributed by atoms with Gasteiger partial charge in [0.1, 0.15) is 23.6 Å². The SMILES string of the molecule is N[C@H]1CCN([C@H](c2ccc3nnc(-c4ccc5ccc(OC6CCC[C@H]6O)cc5n4)n3c2)C(F)(F)F)C1. The van der Waals surface area contributed by atoms with Gasteiger partial charge in [0, 0.05) is 36.8 Å². The van der Waals surface area contributed by atoms with E-state index >= 15 is 0 Å². The molecule has 11 heteroatoms. The Hall–Kier alpha value is -3.28. The topological polar surface area (TPSA) is 102 Å². The number of aliphatic hydroxyl groups excluding tert-OH is 1. The molecule has 194 valence electrons. The van der Waals surface area contributed by atoms with Crippen molar-refractivity contribution < 1.29 is 23.0 Å². The number of likely N-dealkylation sites (tertiary alicyclic amines) is 1. The van der Waals surface area contributed by atoms with Gasteiger partial charge in [-0.05, 0) is 55.5 Å². The Morgan fingerprint density at radius 1 is 1.05 bits per heavy atom. The van der Waals surface area contributed by atoms with Crippen LogP contribution in [-0.4, -0.2) is 67.1 Å². The molecule has 0 spiro atoms. The second-order valence-corrected chi connectivity index (χ2v) is 9.91. The minimum Gasteiger partial charge on any atom is -0.488 e. The minimum atomic E-state index is -4.46. The zero-order chi connectivity index (χ0) is 25.7. The lowest BCUT2D eigenvalue weighted by Gasteiger charge is -2.30. The third-order valence-electron chi connectivity index (χ3n) is 7.27. The molecule has 1 aromatic carbocycles. The predicted molar refractivity (Wildman–Crippen MR) is 131 cm³/mol. The second kappa shape index (κ2) is 9.23. The molecule has 2 fully saturated rings. The van der Waals surface area contributed by atoms with Crippen molar-refractivity contribution in [1.29, 1.82) is 0 Å².